The summed E-state index contributed by atoms with van der Waals surface area (Å²) in [6.45, 7) is -0.0695. The van der Waals surface area contributed by atoms with Gasteiger partial charge in [0.25, 0.3) is 11.1 Å². The van der Waals surface area contributed by atoms with E-state index in [1.807, 2.05) is 0 Å². The molecule has 0 aromatic carbocycles. The van der Waals surface area contributed by atoms with E-state index in [4.69, 9.17) is 0 Å². The Morgan fingerprint density at radius 3 is 1.53 bits per heavy atom. The second-order valence-electron chi connectivity index (χ2n) is 4.07. The highest BCUT2D eigenvalue weighted by molar-refractivity contribution is 4.88. The van der Waals surface area contributed by atoms with E-state index in [1.54, 1.807) is 0 Å². The lowest BCUT2D eigenvalue weighted by atomic mass is 10.6. The van der Waals surface area contributed by atoms with Gasteiger partial charge in [0.05, 0.1) is 0 Å². The maximum atomic E-state index is 11.8. The molecule has 0 saturated heterocycles. The summed E-state index contributed by atoms with van der Waals surface area (Å²) in [4.78, 5) is 46.1. The first kappa shape index (κ1) is 12.8. The van der Waals surface area contributed by atoms with Crippen molar-refractivity contribution in [2.75, 3.05) is 0 Å². The van der Waals surface area contributed by atoms with Crippen LogP contribution in [0, 0.1) is 0 Å². The Labute approximate surface area is 106 Å². The number of aromatic nitrogens is 4. The molecule has 0 spiro atoms. The third-order valence-corrected chi connectivity index (χ3v) is 2.83. The van der Waals surface area contributed by atoms with Crippen LogP contribution in [0.4, 0.5) is 0 Å². The average Bonchev–Trinajstić information content (AvgIpc) is 2.39. The molecule has 0 amide bonds. The molecule has 0 unspecified atom stereocenters. The van der Waals surface area contributed by atoms with Gasteiger partial charge < -0.3 is 0 Å². The van der Waals surface area contributed by atoms with E-state index >= 15 is 0 Å². The van der Waals surface area contributed by atoms with Gasteiger partial charge in [0.15, 0.2) is 0 Å². The largest absolute Gasteiger partial charge is 0.332 e. The van der Waals surface area contributed by atoms with Crippen LogP contribution < -0.4 is 22.5 Å². The van der Waals surface area contributed by atoms with Gasteiger partial charge in [0.1, 0.15) is 6.67 Å². The van der Waals surface area contributed by atoms with Crippen LogP contribution in [0.1, 0.15) is 0 Å². The summed E-state index contributed by atoms with van der Waals surface area (Å²) in [6, 6.07) is 2.46. The van der Waals surface area contributed by atoms with Crippen molar-refractivity contribution in [1.29, 1.82) is 0 Å². The Morgan fingerprint density at radius 2 is 1.16 bits per heavy atom. The molecular weight excluding hydrogens is 252 g/mol. The van der Waals surface area contributed by atoms with E-state index in [1.165, 1.54) is 47.8 Å². The van der Waals surface area contributed by atoms with Crippen molar-refractivity contribution in [3.63, 3.8) is 0 Å². The smallest absolute Gasteiger partial charge is 0.282 e. The van der Waals surface area contributed by atoms with Gasteiger partial charge >= 0.3 is 11.4 Å². The van der Waals surface area contributed by atoms with Crippen molar-refractivity contribution >= 4 is 0 Å². The minimum absolute atomic E-state index is 0.0695. The fraction of sp³-hybridized carbons (Fsp3) is 0.273. The maximum absolute atomic E-state index is 11.8. The second kappa shape index (κ2) is 4.56. The Morgan fingerprint density at radius 1 is 0.789 bits per heavy atom. The van der Waals surface area contributed by atoms with E-state index in [0.29, 0.717) is 0 Å². The predicted molar refractivity (Wildman–Crippen MR) is 67.3 cm³/mol. The van der Waals surface area contributed by atoms with E-state index in [0.717, 1.165) is 9.13 Å². The van der Waals surface area contributed by atoms with E-state index in [9.17, 15) is 19.2 Å². The van der Waals surface area contributed by atoms with Gasteiger partial charge in [-0.3, -0.25) is 27.9 Å². The van der Waals surface area contributed by atoms with Crippen LogP contribution in [0.5, 0.6) is 0 Å². The number of nitrogens with zero attached hydrogens (tertiary/aromatic N) is 4. The molecule has 0 saturated carbocycles. The molecule has 0 aliphatic rings. The highest BCUT2D eigenvalue weighted by atomic mass is 16.2. The molecular formula is C11H12N4O4. The zero-order chi connectivity index (χ0) is 14.2. The Bertz CT molecular complexity index is 781. The van der Waals surface area contributed by atoms with E-state index in [-0.39, 0.29) is 6.67 Å². The molecule has 0 aliphatic carbocycles. The topological polar surface area (TPSA) is 88.0 Å². The summed E-state index contributed by atoms with van der Waals surface area (Å²) in [7, 11) is 2.70. The molecule has 2 rings (SSSR count). The van der Waals surface area contributed by atoms with Gasteiger partial charge in [0, 0.05) is 38.6 Å². The molecule has 0 fully saturated rings. The van der Waals surface area contributed by atoms with Gasteiger partial charge in [-0.15, -0.1) is 0 Å². The highest BCUT2D eigenvalue weighted by Crippen LogP contribution is 1.81. The fourth-order valence-corrected chi connectivity index (χ4v) is 1.61. The lowest BCUT2D eigenvalue weighted by molar-refractivity contribution is 0.508. The van der Waals surface area contributed by atoms with Crippen LogP contribution in [-0.4, -0.2) is 18.3 Å². The summed E-state index contributed by atoms with van der Waals surface area (Å²) >= 11 is 0. The van der Waals surface area contributed by atoms with Crippen molar-refractivity contribution in [2.24, 2.45) is 14.1 Å². The maximum Gasteiger partial charge on any atom is 0.332 e. The van der Waals surface area contributed by atoms with Crippen LogP contribution in [0.15, 0.2) is 43.7 Å². The third-order valence-electron chi connectivity index (χ3n) is 2.83. The monoisotopic (exact) mass is 264 g/mol. The molecule has 2 aromatic heterocycles. The Hall–Kier alpha value is -2.64. The van der Waals surface area contributed by atoms with E-state index < -0.39 is 22.5 Å². The lowest BCUT2D eigenvalue weighted by Crippen LogP contribution is -2.42. The molecule has 0 atom stereocenters. The van der Waals surface area contributed by atoms with Gasteiger partial charge in [-0.25, -0.2) is 9.59 Å². The van der Waals surface area contributed by atoms with Gasteiger partial charge in [-0.2, -0.15) is 0 Å². The third kappa shape index (κ3) is 2.19. The first-order valence-electron chi connectivity index (χ1n) is 5.45. The highest BCUT2D eigenvalue weighted by Gasteiger charge is 2.05. The average molecular weight is 264 g/mol. The van der Waals surface area contributed by atoms with Crippen molar-refractivity contribution in [3.05, 3.63) is 66.2 Å². The predicted octanol–water partition coefficient (Wildman–Crippen LogP) is -2.09. The Balaban J connectivity index is 2.55. The summed E-state index contributed by atoms with van der Waals surface area (Å²) < 4.78 is 4.28. The van der Waals surface area contributed by atoms with Gasteiger partial charge in [-0.1, -0.05) is 0 Å². The molecule has 19 heavy (non-hydrogen) atoms. The summed E-state index contributed by atoms with van der Waals surface area (Å²) in [6.07, 6.45) is 2.62. The molecule has 0 N–H and O–H groups in total. The van der Waals surface area contributed by atoms with Crippen LogP contribution in [-0.2, 0) is 20.8 Å². The minimum Gasteiger partial charge on any atom is -0.282 e. The van der Waals surface area contributed by atoms with Crippen LogP contribution in [0.3, 0.4) is 0 Å². The first-order valence-corrected chi connectivity index (χ1v) is 5.45. The zero-order valence-corrected chi connectivity index (χ0v) is 10.4. The normalized spacial score (nSPS) is 10.6. The molecule has 8 heteroatoms. The quantitative estimate of drug-likeness (QED) is 0.622. The van der Waals surface area contributed by atoms with Crippen molar-refractivity contribution in [3.8, 4) is 0 Å². The molecule has 2 heterocycles. The number of rotatable bonds is 2. The minimum atomic E-state index is -0.534. The van der Waals surface area contributed by atoms with Crippen molar-refractivity contribution in [2.45, 2.75) is 6.67 Å². The summed E-state index contributed by atoms with van der Waals surface area (Å²) in [5.74, 6) is 0. The van der Waals surface area contributed by atoms with Crippen LogP contribution >= 0.6 is 0 Å². The van der Waals surface area contributed by atoms with Gasteiger partial charge in [0.2, 0.25) is 0 Å². The fourth-order valence-electron chi connectivity index (χ4n) is 1.61. The standard InChI is InChI=1S/C11H12N4O4/c1-12-8(16)3-5-14(10(12)18)7-15-6-4-9(17)13(2)11(15)19/h3-6H,7H2,1-2H3. The SMILES string of the molecule is Cn1c(=O)ccn(Cn2ccc(=O)n(C)c2=O)c1=O. The molecule has 0 bridgehead atoms. The molecule has 0 radical (unpaired) electrons. The molecule has 2 aromatic rings. The zero-order valence-electron chi connectivity index (χ0n) is 10.4. The first-order chi connectivity index (χ1) is 8.91. The van der Waals surface area contributed by atoms with Crippen LogP contribution in [0.2, 0.25) is 0 Å². The van der Waals surface area contributed by atoms with Crippen LogP contribution in [0.25, 0.3) is 0 Å². The molecule has 8 nitrogen and oxygen atoms in total. The lowest BCUT2D eigenvalue weighted by Gasteiger charge is -2.10. The van der Waals surface area contributed by atoms with Gasteiger partial charge in [-0.05, 0) is 0 Å². The molecule has 100 valence electrons. The van der Waals surface area contributed by atoms with E-state index in [2.05, 4.69) is 0 Å². The number of hydrogen-bond acceptors (Lipinski definition) is 4. The second-order valence-corrected chi connectivity index (χ2v) is 4.07. The van der Waals surface area contributed by atoms with Crippen molar-refractivity contribution in [1.82, 2.24) is 18.3 Å². The summed E-state index contributed by atoms with van der Waals surface area (Å²) in [5.41, 5.74) is -1.91. The summed E-state index contributed by atoms with van der Waals surface area (Å²) in [5, 5.41) is 0. The number of hydrogen-bond donors (Lipinski definition) is 0. The van der Waals surface area contributed by atoms with Crippen molar-refractivity contribution < 1.29 is 0 Å². The Kier molecular flexibility index (Phi) is 3.07. The molecule has 0 aliphatic heterocycles.